The predicted molar refractivity (Wildman–Crippen MR) is 73.9 cm³/mol. The second kappa shape index (κ2) is 5.50. The number of carbonyl (C=O) groups is 1. The maximum Gasteiger partial charge on any atom is 0.160 e. The lowest BCUT2D eigenvalue weighted by molar-refractivity contribution is 0.101. The summed E-state index contributed by atoms with van der Waals surface area (Å²) < 4.78 is 5.17. The minimum Gasteiger partial charge on any atom is -0.497 e. The van der Waals surface area contributed by atoms with Crippen LogP contribution in [-0.4, -0.2) is 12.9 Å². The molecule has 0 spiro atoms. The first kappa shape index (κ1) is 12.4. The topological polar surface area (TPSA) is 26.3 Å². The molecule has 0 fully saturated rings. The summed E-state index contributed by atoms with van der Waals surface area (Å²) in [4.78, 5) is 11.7. The van der Waals surface area contributed by atoms with Crippen molar-refractivity contribution in [2.24, 2.45) is 0 Å². The molecule has 0 unspecified atom stereocenters. The molecule has 0 saturated heterocycles. The Labute approximate surface area is 107 Å². The summed E-state index contributed by atoms with van der Waals surface area (Å²) in [6.45, 7) is 1.58. The number of allylic oxidation sites excluding steroid dienone is 6. The highest BCUT2D eigenvalue weighted by molar-refractivity contribution is 5.99. The average molecular weight is 240 g/mol. The molecule has 0 heterocycles. The van der Waals surface area contributed by atoms with Crippen molar-refractivity contribution in [1.29, 1.82) is 0 Å². The van der Waals surface area contributed by atoms with E-state index in [-0.39, 0.29) is 5.78 Å². The molecule has 0 bridgehead atoms. The lowest BCUT2D eigenvalue weighted by Crippen LogP contribution is -2.00. The predicted octanol–water partition coefficient (Wildman–Crippen LogP) is 3.80. The number of ether oxygens (including phenoxy) is 1. The van der Waals surface area contributed by atoms with Crippen LogP contribution in [0.4, 0.5) is 0 Å². The molecular weight excluding hydrogens is 224 g/mol. The van der Waals surface area contributed by atoms with Crippen molar-refractivity contribution in [3.63, 3.8) is 0 Å². The van der Waals surface area contributed by atoms with Gasteiger partial charge in [-0.15, -0.1) is 0 Å². The molecule has 1 aliphatic carbocycles. The quantitative estimate of drug-likeness (QED) is 0.751. The maximum atomic E-state index is 11.7. The van der Waals surface area contributed by atoms with Crippen LogP contribution in [-0.2, 0) is 0 Å². The number of hydrogen-bond acceptors (Lipinski definition) is 2. The van der Waals surface area contributed by atoms with E-state index in [4.69, 9.17) is 4.74 Å². The van der Waals surface area contributed by atoms with Crippen molar-refractivity contribution in [1.82, 2.24) is 0 Å². The van der Waals surface area contributed by atoms with Gasteiger partial charge in [-0.2, -0.15) is 0 Å². The molecule has 92 valence electrons. The third-order valence-electron chi connectivity index (χ3n) is 2.95. The Morgan fingerprint density at radius 2 is 2.06 bits per heavy atom. The maximum absolute atomic E-state index is 11.7. The van der Waals surface area contributed by atoms with E-state index in [1.807, 2.05) is 36.4 Å². The summed E-state index contributed by atoms with van der Waals surface area (Å²) in [5.74, 6) is 0.770. The zero-order valence-electron chi connectivity index (χ0n) is 10.6. The van der Waals surface area contributed by atoms with E-state index in [1.165, 1.54) is 0 Å². The normalized spacial score (nSPS) is 14.0. The Balaban J connectivity index is 2.50. The number of hydrogen-bond donors (Lipinski definition) is 0. The molecule has 0 saturated carbocycles. The lowest BCUT2D eigenvalue weighted by atomic mass is 9.95. The molecule has 1 aromatic rings. The Hall–Kier alpha value is -2.09. The van der Waals surface area contributed by atoms with Crippen molar-refractivity contribution in [2.75, 3.05) is 7.11 Å². The second-order valence-electron chi connectivity index (χ2n) is 4.18. The smallest absolute Gasteiger partial charge is 0.160 e. The van der Waals surface area contributed by atoms with Crippen LogP contribution in [0.25, 0.3) is 5.57 Å². The third-order valence-corrected chi connectivity index (χ3v) is 2.95. The van der Waals surface area contributed by atoms with Gasteiger partial charge in [-0.25, -0.2) is 0 Å². The molecule has 0 N–H and O–H groups in total. The van der Waals surface area contributed by atoms with E-state index in [2.05, 4.69) is 6.08 Å². The van der Waals surface area contributed by atoms with Crippen LogP contribution in [0.2, 0.25) is 0 Å². The molecular formula is C16H16O2. The molecule has 1 aliphatic rings. The Bertz CT molecular complexity index is 548. The van der Waals surface area contributed by atoms with Gasteiger partial charge in [0.15, 0.2) is 5.78 Å². The second-order valence-corrected chi connectivity index (χ2v) is 4.18. The number of ketones is 1. The SMILES string of the molecule is COc1ccc(C2=CC=CC=CC2)c(C(C)=O)c1. The van der Waals surface area contributed by atoms with Crippen LogP contribution in [0.5, 0.6) is 5.75 Å². The largest absolute Gasteiger partial charge is 0.497 e. The monoisotopic (exact) mass is 240 g/mol. The van der Waals surface area contributed by atoms with E-state index in [0.717, 1.165) is 17.6 Å². The van der Waals surface area contributed by atoms with E-state index < -0.39 is 0 Å². The van der Waals surface area contributed by atoms with Gasteiger partial charge in [-0.05, 0) is 36.6 Å². The first-order chi connectivity index (χ1) is 8.72. The summed E-state index contributed by atoms with van der Waals surface area (Å²) in [5, 5.41) is 0. The zero-order chi connectivity index (χ0) is 13.0. The highest BCUT2D eigenvalue weighted by Gasteiger charge is 2.12. The molecule has 1 aromatic carbocycles. The van der Waals surface area contributed by atoms with Gasteiger partial charge >= 0.3 is 0 Å². The van der Waals surface area contributed by atoms with Crippen molar-refractivity contribution >= 4 is 11.4 Å². The van der Waals surface area contributed by atoms with Crippen LogP contribution in [0.1, 0.15) is 29.3 Å². The summed E-state index contributed by atoms with van der Waals surface area (Å²) in [6.07, 6.45) is 11.0. The summed E-state index contributed by atoms with van der Waals surface area (Å²) in [7, 11) is 1.61. The van der Waals surface area contributed by atoms with Crippen molar-refractivity contribution < 1.29 is 9.53 Å². The van der Waals surface area contributed by atoms with Gasteiger partial charge in [-0.3, -0.25) is 4.79 Å². The van der Waals surface area contributed by atoms with Gasteiger partial charge in [-0.1, -0.05) is 36.4 Å². The van der Waals surface area contributed by atoms with Crippen LogP contribution in [0.3, 0.4) is 0 Å². The fourth-order valence-corrected chi connectivity index (χ4v) is 2.00. The first-order valence-electron chi connectivity index (χ1n) is 5.94. The lowest BCUT2D eigenvalue weighted by Gasteiger charge is -2.11. The van der Waals surface area contributed by atoms with Crippen molar-refractivity contribution in [3.8, 4) is 5.75 Å². The van der Waals surface area contributed by atoms with E-state index >= 15 is 0 Å². The minimum atomic E-state index is 0.0574. The summed E-state index contributed by atoms with van der Waals surface area (Å²) in [6, 6.07) is 5.64. The molecule has 0 atom stereocenters. The average Bonchev–Trinajstić information content (AvgIpc) is 2.66. The van der Waals surface area contributed by atoms with Crippen LogP contribution < -0.4 is 4.74 Å². The van der Waals surface area contributed by atoms with E-state index in [1.54, 1.807) is 20.1 Å². The van der Waals surface area contributed by atoms with E-state index in [9.17, 15) is 4.79 Å². The van der Waals surface area contributed by atoms with Gasteiger partial charge in [0.2, 0.25) is 0 Å². The summed E-state index contributed by atoms with van der Waals surface area (Å²) in [5.41, 5.74) is 2.84. The number of methoxy groups -OCH3 is 1. The highest BCUT2D eigenvalue weighted by atomic mass is 16.5. The highest BCUT2D eigenvalue weighted by Crippen LogP contribution is 2.27. The van der Waals surface area contributed by atoms with E-state index in [0.29, 0.717) is 11.3 Å². The Morgan fingerprint density at radius 1 is 1.22 bits per heavy atom. The molecule has 2 heteroatoms. The van der Waals surface area contributed by atoms with Crippen molar-refractivity contribution in [3.05, 3.63) is 59.7 Å². The molecule has 18 heavy (non-hydrogen) atoms. The third kappa shape index (κ3) is 2.59. The minimum absolute atomic E-state index is 0.0574. The van der Waals surface area contributed by atoms with Crippen LogP contribution in [0, 0.1) is 0 Å². The molecule has 0 amide bonds. The fourth-order valence-electron chi connectivity index (χ4n) is 2.00. The van der Waals surface area contributed by atoms with Gasteiger partial charge in [0.05, 0.1) is 7.11 Å². The fraction of sp³-hybridized carbons (Fsp3) is 0.188. The number of rotatable bonds is 3. The Kier molecular flexibility index (Phi) is 3.78. The molecule has 0 aliphatic heterocycles. The van der Waals surface area contributed by atoms with Crippen LogP contribution >= 0.6 is 0 Å². The van der Waals surface area contributed by atoms with Crippen molar-refractivity contribution in [2.45, 2.75) is 13.3 Å². The summed E-state index contributed by atoms with van der Waals surface area (Å²) >= 11 is 0. The molecule has 2 nitrogen and oxygen atoms in total. The van der Waals surface area contributed by atoms with Gasteiger partial charge in [0.1, 0.15) is 5.75 Å². The molecule has 0 aromatic heterocycles. The molecule has 0 radical (unpaired) electrons. The van der Waals surface area contributed by atoms with Gasteiger partial charge in [0.25, 0.3) is 0 Å². The van der Waals surface area contributed by atoms with Crippen LogP contribution in [0.15, 0.2) is 48.6 Å². The Morgan fingerprint density at radius 3 is 2.78 bits per heavy atom. The molecule has 2 rings (SSSR count). The standard InChI is InChI=1S/C16H16O2/c1-12(17)16-11-14(18-2)9-10-15(16)13-7-5-3-4-6-8-13/h3-7,9-11H,8H2,1-2H3. The first-order valence-corrected chi connectivity index (χ1v) is 5.94. The zero-order valence-corrected chi connectivity index (χ0v) is 10.6. The number of benzene rings is 1. The number of carbonyl (C=O) groups excluding carboxylic acids is 1. The van der Waals surface area contributed by atoms with Gasteiger partial charge in [0, 0.05) is 5.56 Å². The number of Topliss-reactive ketones (excluding diaryl/α,β-unsaturated/α-hetero) is 1. The van der Waals surface area contributed by atoms with Gasteiger partial charge < -0.3 is 4.74 Å².